The Labute approximate surface area is 159 Å². The van der Waals surface area contributed by atoms with Gasteiger partial charge in [-0.15, -0.1) is 0 Å². The van der Waals surface area contributed by atoms with Gasteiger partial charge >= 0.3 is 0 Å². The first-order chi connectivity index (χ1) is 12.1. The molecule has 0 fully saturated rings. The van der Waals surface area contributed by atoms with Crippen molar-refractivity contribution in [3.8, 4) is 5.75 Å². The molecular formula is C22H35ClO2. The van der Waals surface area contributed by atoms with Gasteiger partial charge in [-0.1, -0.05) is 95.6 Å². The van der Waals surface area contributed by atoms with Crippen LogP contribution in [0.2, 0.25) is 5.02 Å². The lowest BCUT2D eigenvalue weighted by atomic mass is 10.0. The molecule has 0 amide bonds. The average Bonchev–Trinajstić information content (AvgIpc) is 2.61. The normalized spacial score (nSPS) is 11.0. The smallest absolute Gasteiger partial charge is 0.166 e. The van der Waals surface area contributed by atoms with Crippen molar-refractivity contribution >= 4 is 17.4 Å². The Balaban J connectivity index is 1.95. The zero-order valence-electron chi connectivity index (χ0n) is 15.9. The molecule has 0 atom stereocenters. The van der Waals surface area contributed by atoms with Crippen molar-refractivity contribution in [2.45, 2.75) is 96.8 Å². The Hall–Kier alpha value is -1.02. The fourth-order valence-electron chi connectivity index (χ4n) is 3.17. The van der Waals surface area contributed by atoms with Gasteiger partial charge in [0.15, 0.2) is 5.78 Å². The number of benzene rings is 1. The van der Waals surface area contributed by atoms with Crippen LogP contribution in [0, 0.1) is 0 Å². The molecule has 25 heavy (non-hydrogen) atoms. The zero-order chi connectivity index (χ0) is 18.3. The van der Waals surface area contributed by atoms with Crippen molar-refractivity contribution < 1.29 is 9.90 Å². The van der Waals surface area contributed by atoms with Crippen LogP contribution in [0.3, 0.4) is 0 Å². The summed E-state index contributed by atoms with van der Waals surface area (Å²) in [4.78, 5) is 12.1. The molecule has 0 aliphatic rings. The van der Waals surface area contributed by atoms with Crippen LogP contribution >= 0.6 is 11.6 Å². The number of rotatable bonds is 15. The Morgan fingerprint density at radius 2 is 1.32 bits per heavy atom. The maximum Gasteiger partial charge on any atom is 0.166 e. The number of aromatic hydroxyl groups is 1. The van der Waals surface area contributed by atoms with Crippen molar-refractivity contribution in [2.24, 2.45) is 0 Å². The molecule has 0 bridgehead atoms. The standard InChI is InChI=1S/C22H35ClO2/c1-2-3-4-5-6-7-8-9-10-11-12-13-14-15-21(24)20-18-19(23)16-17-22(20)25/h16-18,25H,2-15H2,1H3. The monoisotopic (exact) mass is 366 g/mol. The second-order valence-electron chi connectivity index (χ2n) is 7.08. The van der Waals surface area contributed by atoms with E-state index in [1.54, 1.807) is 12.1 Å². The fourth-order valence-corrected chi connectivity index (χ4v) is 3.34. The number of carbonyl (C=O) groups excluding carboxylic acids is 1. The summed E-state index contributed by atoms with van der Waals surface area (Å²) < 4.78 is 0. The third-order valence-corrected chi connectivity index (χ3v) is 5.00. The van der Waals surface area contributed by atoms with E-state index in [1.807, 2.05) is 0 Å². The maximum atomic E-state index is 12.1. The van der Waals surface area contributed by atoms with Crippen LogP contribution in [-0.2, 0) is 0 Å². The molecule has 0 aliphatic carbocycles. The van der Waals surface area contributed by atoms with E-state index in [0.29, 0.717) is 17.0 Å². The lowest BCUT2D eigenvalue weighted by Gasteiger charge is -2.05. The molecular weight excluding hydrogens is 332 g/mol. The van der Waals surface area contributed by atoms with Gasteiger partial charge in [0.25, 0.3) is 0 Å². The molecule has 0 heterocycles. The number of hydrogen-bond donors (Lipinski definition) is 1. The molecule has 142 valence electrons. The van der Waals surface area contributed by atoms with Crippen LogP contribution in [0.15, 0.2) is 18.2 Å². The largest absolute Gasteiger partial charge is 0.507 e. The van der Waals surface area contributed by atoms with E-state index in [9.17, 15) is 9.90 Å². The Morgan fingerprint density at radius 1 is 0.840 bits per heavy atom. The van der Waals surface area contributed by atoms with Gasteiger partial charge in [0.2, 0.25) is 0 Å². The molecule has 0 saturated carbocycles. The van der Waals surface area contributed by atoms with E-state index in [-0.39, 0.29) is 11.5 Å². The molecule has 2 nitrogen and oxygen atoms in total. The Kier molecular flexibility index (Phi) is 12.5. The summed E-state index contributed by atoms with van der Waals surface area (Å²) in [6.45, 7) is 2.26. The zero-order valence-corrected chi connectivity index (χ0v) is 16.6. The topological polar surface area (TPSA) is 37.3 Å². The molecule has 1 aromatic rings. The van der Waals surface area contributed by atoms with Crippen LogP contribution in [0.4, 0.5) is 0 Å². The first kappa shape index (κ1) is 22.0. The third kappa shape index (κ3) is 10.5. The van der Waals surface area contributed by atoms with Crippen LogP contribution in [0.25, 0.3) is 0 Å². The number of phenols is 1. The van der Waals surface area contributed by atoms with Crippen molar-refractivity contribution in [3.63, 3.8) is 0 Å². The second kappa shape index (κ2) is 14.2. The van der Waals surface area contributed by atoms with E-state index in [1.165, 1.54) is 76.7 Å². The third-order valence-electron chi connectivity index (χ3n) is 4.77. The van der Waals surface area contributed by atoms with Crippen LogP contribution in [0.5, 0.6) is 5.75 Å². The summed E-state index contributed by atoms with van der Waals surface area (Å²) in [6.07, 6.45) is 17.3. The van der Waals surface area contributed by atoms with Crippen molar-refractivity contribution in [2.75, 3.05) is 0 Å². The van der Waals surface area contributed by atoms with E-state index in [2.05, 4.69) is 6.92 Å². The lowest BCUT2D eigenvalue weighted by molar-refractivity contribution is 0.0976. The van der Waals surface area contributed by atoms with E-state index in [0.717, 1.165) is 12.8 Å². The summed E-state index contributed by atoms with van der Waals surface area (Å²) >= 11 is 5.88. The maximum absolute atomic E-state index is 12.1. The molecule has 0 unspecified atom stereocenters. The predicted molar refractivity (Wildman–Crippen MR) is 108 cm³/mol. The van der Waals surface area contributed by atoms with Gasteiger partial charge in [0.05, 0.1) is 5.56 Å². The first-order valence-corrected chi connectivity index (χ1v) is 10.5. The predicted octanol–water partition coefficient (Wildman–Crippen LogP) is 7.71. The average molecular weight is 367 g/mol. The van der Waals surface area contributed by atoms with Gasteiger partial charge in [0, 0.05) is 11.4 Å². The summed E-state index contributed by atoms with van der Waals surface area (Å²) in [5.41, 5.74) is 0.353. The summed E-state index contributed by atoms with van der Waals surface area (Å²) in [5, 5.41) is 10.2. The number of carbonyl (C=O) groups is 1. The highest BCUT2D eigenvalue weighted by Gasteiger charge is 2.11. The van der Waals surface area contributed by atoms with Crippen LogP contribution in [0.1, 0.15) is 107 Å². The van der Waals surface area contributed by atoms with E-state index < -0.39 is 0 Å². The quantitative estimate of drug-likeness (QED) is 0.255. The number of halogens is 1. The minimum atomic E-state index is -0.0110. The minimum absolute atomic E-state index is 0.0110. The van der Waals surface area contributed by atoms with Crippen molar-refractivity contribution in [3.05, 3.63) is 28.8 Å². The van der Waals surface area contributed by atoms with Gasteiger partial charge in [-0.05, 0) is 24.6 Å². The molecule has 1 rings (SSSR count). The molecule has 1 N–H and O–H groups in total. The van der Waals surface area contributed by atoms with E-state index in [4.69, 9.17) is 11.6 Å². The number of unbranched alkanes of at least 4 members (excludes halogenated alkanes) is 12. The molecule has 0 spiro atoms. The van der Waals surface area contributed by atoms with E-state index >= 15 is 0 Å². The second-order valence-corrected chi connectivity index (χ2v) is 7.51. The highest BCUT2D eigenvalue weighted by molar-refractivity contribution is 6.31. The van der Waals surface area contributed by atoms with Crippen LogP contribution < -0.4 is 0 Å². The number of Topliss-reactive ketones (excluding diaryl/α,β-unsaturated/α-hetero) is 1. The number of hydrogen-bond acceptors (Lipinski definition) is 2. The molecule has 0 aromatic heterocycles. The van der Waals surface area contributed by atoms with Gasteiger partial charge < -0.3 is 5.11 Å². The highest BCUT2D eigenvalue weighted by atomic mass is 35.5. The van der Waals surface area contributed by atoms with Gasteiger partial charge in [-0.2, -0.15) is 0 Å². The summed E-state index contributed by atoms with van der Waals surface area (Å²) in [6, 6.07) is 4.64. The molecule has 0 aliphatic heterocycles. The van der Waals surface area contributed by atoms with Gasteiger partial charge in [-0.25, -0.2) is 0 Å². The highest BCUT2D eigenvalue weighted by Crippen LogP contribution is 2.23. The fraction of sp³-hybridized carbons (Fsp3) is 0.682. The number of ketones is 1. The SMILES string of the molecule is CCCCCCCCCCCCCCCC(=O)c1cc(Cl)ccc1O. The Bertz CT molecular complexity index is 485. The number of phenolic OH excluding ortho intramolecular Hbond substituents is 1. The molecule has 0 saturated heterocycles. The molecule has 1 aromatic carbocycles. The Morgan fingerprint density at radius 3 is 1.84 bits per heavy atom. The molecule has 0 radical (unpaired) electrons. The summed E-state index contributed by atoms with van der Waals surface area (Å²) in [5.74, 6) is 0.0205. The van der Waals surface area contributed by atoms with Crippen molar-refractivity contribution in [1.82, 2.24) is 0 Å². The summed E-state index contributed by atoms with van der Waals surface area (Å²) in [7, 11) is 0. The van der Waals surface area contributed by atoms with Gasteiger partial charge in [0.1, 0.15) is 5.75 Å². The molecule has 3 heteroatoms. The van der Waals surface area contributed by atoms with Crippen LogP contribution in [-0.4, -0.2) is 10.9 Å². The van der Waals surface area contributed by atoms with Crippen molar-refractivity contribution in [1.29, 1.82) is 0 Å². The minimum Gasteiger partial charge on any atom is -0.507 e. The van der Waals surface area contributed by atoms with Gasteiger partial charge in [-0.3, -0.25) is 4.79 Å². The lowest BCUT2D eigenvalue weighted by Crippen LogP contribution is -1.99. The first-order valence-electron chi connectivity index (χ1n) is 10.2.